The molecule has 0 aromatic heterocycles. The largest absolute Gasteiger partial charge is 0.341 e. The topological polar surface area (TPSA) is 70.7 Å². The number of nitrogens with zero attached hydrogens (tertiary/aromatic N) is 2. The van der Waals surface area contributed by atoms with Gasteiger partial charge in [-0.1, -0.05) is 12.1 Å². The van der Waals surface area contributed by atoms with Crippen molar-refractivity contribution >= 4 is 40.7 Å². The average Bonchev–Trinajstić information content (AvgIpc) is 2.65. The van der Waals surface area contributed by atoms with Crippen LogP contribution in [0.4, 0.5) is 5.69 Å². The number of allylic oxidation sites excluding steroid dienone is 1. The van der Waals surface area contributed by atoms with E-state index in [9.17, 15) is 4.79 Å². The van der Waals surface area contributed by atoms with Crippen molar-refractivity contribution in [2.45, 2.75) is 18.1 Å². The molecule has 1 unspecified atom stereocenters. The Morgan fingerprint density at radius 3 is 2.65 bits per heavy atom. The number of hydrogen-bond acceptors (Lipinski definition) is 6. The molecule has 26 heavy (non-hydrogen) atoms. The fourth-order valence-electron chi connectivity index (χ4n) is 2.58. The van der Waals surface area contributed by atoms with Crippen molar-refractivity contribution in [3.63, 3.8) is 0 Å². The van der Waals surface area contributed by atoms with Crippen molar-refractivity contribution in [3.05, 3.63) is 71.6 Å². The minimum Gasteiger partial charge on any atom is -0.341 e. The van der Waals surface area contributed by atoms with Crippen molar-refractivity contribution in [1.82, 2.24) is 4.42 Å². The first-order chi connectivity index (χ1) is 12.5. The van der Waals surface area contributed by atoms with Gasteiger partial charge in [0.15, 0.2) is 12.1 Å². The molecule has 0 amide bonds. The minimum absolute atomic E-state index is 0.0314. The van der Waals surface area contributed by atoms with Crippen LogP contribution in [0, 0.1) is 0 Å². The van der Waals surface area contributed by atoms with E-state index >= 15 is 0 Å². The summed E-state index contributed by atoms with van der Waals surface area (Å²) >= 11 is 7.82. The van der Waals surface area contributed by atoms with E-state index in [4.69, 9.17) is 17.5 Å². The molecule has 1 atom stereocenters. The van der Waals surface area contributed by atoms with Crippen LogP contribution >= 0.6 is 23.5 Å². The summed E-state index contributed by atoms with van der Waals surface area (Å²) in [6, 6.07) is 14.9. The zero-order chi connectivity index (χ0) is 18.7. The van der Waals surface area contributed by atoms with E-state index in [1.165, 1.54) is 4.42 Å². The van der Waals surface area contributed by atoms with Crippen molar-refractivity contribution in [3.8, 4) is 0 Å². The number of aliphatic imine (C=N–C) groups is 1. The van der Waals surface area contributed by atoms with Crippen molar-refractivity contribution in [1.29, 1.82) is 0 Å². The Bertz CT molecular complexity index is 879. The monoisotopic (exact) mass is 386 g/mol. The summed E-state index contributed by atoms with van der Waals surface area (Å²) in [6.45, 7) is 1.85. The Morgan fingerprint density at radius 2 is 1.96 bits per heavy atom. The lowest BCUT2D eigenvalue weighted by Crippen LogP contribution is -2.38. The molecule has 1 aliphatic heterocycles. The molecule has 3 N–H and O–H groups in total. The third-order valence-electron chi connectivity index (χ3n) is 3.89. The van der Waals surface area contributed by atoms with Crippen molar-refractivity contribution in [2.24, 2.45) is 10.7 Å². The summed E-state index contributed by atoms with van der Waals surface area (Å²) in [5, 5.41) is 3.20. The summed E-state index contributed by atoms with van der Waals surface area (Å²) < 4.78 is 1.32. The van der Waals surface area contributed by atoms with Gasteiger partial charge in [0.05, 0.1) is 0 Å². The summed E-state index contributed by atoms with van der Waals surface area (Å²) in [4.78, 5) is 18.0. The summed E-state index contributed by atoms with van der Waals surface area (Å²) in [5.41, 5.74) is 8.63. The van der Waals surface area contributed by atoms with Crippen molar-refractivity contribution < 1.29 is 4.79 Å². The Kier molecular flexibility index (Phi) is 5.66. The lowest BCUT2D eigenvalue weighted by Gasteiger charge is -2.27. The molecular formula is C19H19ClN4OS. The van der Waals surface area contributed by atoms with Gasteiger partial charge in [-0.2, -0.15) is 0 Å². The third-order valence-corrected chi connectivity index (χ3v) is 5.02. The highest BCUT2D eigenvalue weighted by molar-refractivity contribution is 7.98. The quantitative estimate of drug-likeness (QED) is 0.460. The standard InChI is InChI=1S/C19H19ClN4OS/c1-12-10-17(24(20)19(21)22-12)23-15-5-3-4-14(11-15)18(25)13-6-8-16(26-2)9-7-13/h3-11,19,23H,21H2,1-2H3. The SMILES string of the molecule is CSc1ccc(C(=O)c2cccc(NC3=CC(C)=NC(N)N3Cl)c2)cc1. The van der Waals surface area contributed by atoms with E-state index in [2.05, 4.69) is 10.3 Å². The van der Waals surface area contributed by atoms with E-state index in [1.54, 1.807) is 30.0 Å². The number of anilines is 1. The van der Waals surface area contributed by atoms with Gasteiger partial charge >= 0.3 is 0 Å². The molecule has 2 aromatic carbocycles. The maximum Gasteiger partial charge on any atom is 0.193 e. The molecule has 5 nitrogen and oxygen atoms in total. The smallest absolute Gasteiger partial charge is 0.193 e. The fourth-order valence-corrected chi connectivity index (χ4v) is 3.13. The predicted molar refractivity (Wildman–Crippen MR) is 109 cm³/mol. The van der Waals surface area contributed by atoms with Gasteiger partial charge in [0, 0.05) is 45.3 Å². The first-order valence-electron chi connectivity index (χ1n) is 8.00. The van der Waals surface area contributed by atoms with Crippen LogP contribution in [-0.4, -0.2) is 28.5 Å². The highest BCUT2D eigenvalue weighted by atomic mass is 35.5. The van der Waals surface area contributed by atoms with E-state index in [1.807, 2.05) is 49.6 Å². The van der Waals surface area contributed by atoms with Crippen molar-refractivity contribution in [2.75, 3.05) is 11.6 Å². The number of thioether (sulfide) groups is 1. The molecule has 0 aliphatic carbocycles. The van der Waals surface area contributed by atoms with E-state index in [0.29, 0.717) is 16.9 Å². The molecule has 7 heteroatoms. The third kappa shape index (κ3) is 4.09. The van der Waals surface area contributed by atoms with Gasteiger partial charge in [0.2, 0.25) is 0 Å². The molecule has 0 saturated heterocycles. The molecule has 1 aliphatic rings. The molecule has 134 valence electrons. The van der Waals surface area contributed by atoms with Gasteiger partial charge < -0.3 is 5.32 Å². The van der Waals surface area contributed by atoms with E-state index in [-0.39, 0.29) is 5.78 Å². The lowest BCUT2D eigenvalue weighted by atomic mass is 10.0. The normalized spacial score (nSPS) is 16.8. The molecular weight excluding hydrogens is 368 g/mol. The molecule has 0 spiro atoms. The number of benzene rings is 2. The second-order valence-corrected chi connectivity index (χ2v) is 7.03. The number of nitrogens with two attached hydrogens (primary N) is 1. The Morgan fingerprint density at radius 1 is 1.23 bits per heavy atom. The van der Waals surface area contributed by atoms with Crippen LogP contribution < -0.4 is 11.1 Å². The predicted octanol–water partition coefficient (Wildman–Crippen LogP) is 4.07. The van der Waals surface area contributed by atoms with Gasteiger partial charge in [-0.05, 0) is 49.6 Å². The highest BCUT2D eigenvalue weighted by Gasteiger charge is 2.19. The molecule has 1 heterocycles. The number of hydrogen-bond donors (Lipinski definition) is 2. The highest BCUT2D eigenvalue weighted by Crippen LogP contribution is 2.22. The van der Waals surface area contributed by atoms with Gasteiger partial charge in [0.1, 0.15) is 5.82 Å². The zero-order valence-electron chi connectivity index (χ0n) is 14.4. The number of rotatable bonds is 5. The van der Waals surface area contributed by atoms with Crippen LogP contribution in [0.2, 0.25) is 0 Å². The van der Waals surface area contributed by atoms with Crippen LogP contribution in [0.25, 0.3) is 0 Å². The van der Waals surface area contributed by atoms with Gasteiger partial charge in [-0.15, -0.1) is 11.8 Å². The second-order valence-electron chi connectivity index (χ2n) is 5.79. The van der Waals surface area contributed by atoms with E-state index in [0.717, 1.165) is 16.3 Å². The molecule has 0 bridgehead atoms. The summed E-state index contributed by atoms with van der Waals surface area (Å²) in [5.74, 6) is 0.580. The Balaban J connectivity index is 1.82. The molecule has 0 fully saturated rings. The van der Waals surface area contributed by atoms with Gasteiger partial charge in [0.25, 0.3) is 0 Å². The molecule has 3 rings (SSSR count). The first-order valence-corrected chi connectivity index (χ1v) is 9.57. The first kappa shape index (κ1) is 18.5. The summed E-state index contributed by atoms with van der Waals surface area (Å²) in [7, 11) is 0. The second kappa shape index (κ2) is 7.95. The molecule has 0 saturated carbocycles. The maximum atomic E-state index is 12.7. The van der Waals surface area contributed by atoms with Crippen LogP contribution in [0.1, 0.15) is 22.8 Å². The summed E-state index contributed by atoms with van der Waals surface area (Å²) in [6.07, 6.45) is 3.15. The number of nitrogens with one attached hydrogen (secondary N) is 1. The molecule has 2 aromatic rings. The number of carbonyl (C=O) groups excluding carboxylic acids is 1. The van der Waals surface area contributed by atoms with Crippen LogP contribution in [0.15, 0.2) is 70.3 Å². The van der Waals surface area contributed by atoms with E-state index < -0.39 is 6.29 Å². The fraction of sp³-hybridized carbons (Fsp3) is 0.158. The molecule has 0 radical (unpaired) electrons. The maximum absolute atomic E-state index is 12.7. The van der Waals surface area contributed by atoms with Gasteiger partial charge in [-0.3, -0.25) is 10.5 Å². The number of carbonyl (C=O) groups is 1. The minimum atomic E-state index is -0.649. The van der Waals surface area contributed by atoms with Crippen LogP contribution in [0.5, 0.6) is 0 Å². The number of halogens is 1. The Labute approximate surface area is 162 Å². The lowest BCUT2D eigenvalue weighted by molar-refractivity contribution is 0.103. The zero-order valence-corrected chi connectivity index (χ0v) is 16.0. The number of ketones is 1. The van der Waals surface area contributed by atoms with Gasteiger partial charge in [-0.25, -0.2) is 9.41 Å². The Hall–Kier alpha value is -2.28. The van der Waals surface area contributed by atoms with Crippen LogP contribution in [-0.2, 0) is 0 Å². The van der Waals surface area contributed by atoms with Crippen LogP contribution in [0.3, 0.4) is 0 Å². The average molecular weight is 387 g/mol.